The van der Waals surface area contributed by atoms with E-state index >= 15 is 0 Å². The Balaban J connectivity index is 1.65. The fraction of sp³-hybridized carbons (Fsp3) is 0.571. The number of alkyl halides is 2. The van der Waals surface area contributed by atoms with E-state index in [2.05, 4.69) is 10.1 Å². The van der Waals surface area contributed by atoms with Crippen molar-refractivity contribution in [3.05, 3.63) is 29.8 Å². The minimum Gasteiger partial charge on any atom is -0.435 e. The van der Waals surface area contributed by atoms with E-state index in [0.717, 1.165) is 44.7 Å². The van der Waals surface area contributed by atoms with Crippen molar-refractivity contribution in [2.75, 3.05) is 19.8 Å². The van der Waals surface area contributed by atoms with Crippen LogP contribution in [0.25, 0.3) is 0 Å². The summed E-state index contributed by atoms with van der Waals surface area (Å²) in [7, 11) is 0. The number of benzene rings is 1. The molecule has 0 aliphatic carbocycles. The Morgan fingerprint density at radius 3 is 2.74 bits per heavy atom. The van der Waals surface area contributed by atoms with Gasteiger partial charge in [0.15, 0.2) is 0 Å². The third-order valence-electron chi connectivity index (χ3n) is 3.23. The normalized spacial score (nSPS) is 19.0. The van der Waals surface area contributed by atoms with E-state index in [-0.39, 0.29) is 5.75 Å². The van der Waals surface area contributed by atoms with Gasteiger partial charge in [-0.3, -0.25) is 0 Å². The van der Waals surface area contributed by atoms with Crippen molar-refractivity contribution in [2.45, 2.75) is 26.0 Å². The highest BCUT2D eigenvalue weighted by molar-refractivity contribution is 5.27. The van der Waals surface area contributed by atoms with Crippen molar-refractivity contribution in [1.82, 2.24) is 5.32 Å². The van der Waals surface area contributed by atoms with Crippen LogP contribution in [-0.4, -0.2) is 26.4 Å². The van der Waals surface area contributed by atoms with E-state index in [1.807, 2.05) is 0 Å². The first kappa shape index (κ1) is 14.2. The Morgan fingerprint density at radius 2 is 2.11 bits per heavy atom. The van der Waals surface area contributed by atoms with Gasteiger partial charge in [-0.1, -0.05) is 12.1 Å². The van der Waals surface area contributed by atoms with Gasteiger partial charge in [0.05, 0.1) is 0 Å². The van der Waals surface area contributed by atoms with Crippen molar-refractivity contribution in [3.63, 3.8) is 0 Å². The Kier molecular flexibility index (Phi) is 5.54. The molecule has 0 amide bonds. The van der Waals surface area contributed by atoms with E-state index < -0.39 is 6.61 Å². The lowest BCUT2D eigenvalue weighted by Gasteiger charge is -2.09. The average molecular weight is 271 g/mol. The van der Waals surface area contributed by atoms with Gasteiger partial charge in [-0.2, -0.15) is 8.78 Å². The van der Waals surface area contributed by atoms with Crippen molar-refractivity contribution in [1.29, 1.82) is 0 Å². The SMILES string of the molecule is FC(F)Oc1ccc(CNCCC2CCOC2)cc1. The van der Waals surface area contributed by atoms with Crippen LogP contribution < -0.4 is 10.1 Å². The van der Waals surface area contributed by atoms with E-state index in [1.165, 1.54) is 0 Å². The topological polar surface area (TPSA) is 30.5 Å². The summed E-state index contributed by atoms with van der Waals surface area (Å²) in [6.07, 6.45) is 2.27. The van der Waals surface area contributed by atoms with E-state index in [1.54, 1.807) is 24.3 Å². The van der Waals surface area contributed by atoms with Gasteiger partial charge in [0, 0.05) is 19.8 Å². The summed E-state index contributed by atoms with van der Waals surface area (Å²) in [6.45, 7) is 0.682. The van der Waals surface area contributed by atoms with Crippen LogP contribution in [0.5, 0.6) is 5.75 Å². The second kappa shape index (κ2) is 7.40. The number of hydrogen-bond donors (Lipinski definition) is 1. The standard InChI is InChI=1S/C14H19F2NO2/c15-14(16)19-13-3-1-11(2-4-13)9-17-7-5-12-6-8-18-10-12/h1-4,12,14,17H,5-10H2. The second-order valence-corrected chi connectivity index (χ2v) is 4.72. The molecule has 1 aliphatic heterocycles. The van der Waals surface area contributed by atoms with E-state index in [0.29, 0.717) is 5.92 Å². The quantitative estimate of drug-likeness (QED) is 0.774. The largest absolute Gasteiger partial charge is 0.435 e. The van der Waals surface area contributed by atoms with Gasteiger partial charge in [0.2, 0.25) is 0 Å². The molecule has 106 valence electrons. The number of ether oxygens (including phenoxy) is 2. The number of halogens is 2. The zero-order valence-corrected chi connectivity index (χ0v) is 10.8. The van der Waals surface area contributed by atoms with Gasteiger partial charge in [-0.25, -0.2) is 0 Å². The molecule has 0 radical (unpaired) electrons. The Hall–Kier alpha value is -1.20. The highest BCUT2D eigenvalue weighted by Gasteiger charge is 2.14. The molecular formula is C14H19F2NO2. The lowest BCUT2D eigenvalue weighted by Crippen LogP contribution is -2.18. The molecule has 19 heavy (non-hydrogen) atoms. The molecule has 1 atom stereocenters. The van der Waals surface area contributed by atoms with Crippen LogP contribution in [0.1, 0.15) is 18.4 Å². The Labute approximate surface area is 111 Å². The highest BCUT2D eigenvalue weighted by Crippen LogP contribution is 2.16. The van der Waals surface area contributed by atoms with Gasteiger partial charge in [0.1, 0.15) is 5.75 Å². The maximum absolute atomic E-state index is 12.0. The van der Waals surface area contributed by atoms with Gasteiger partial charge < -0.3 is 14.8 Å². The molecule has 1 aromatic rings. The third kappa shape index (κ3) is 5.12. The maximum Gasteiger partial charge on any atom is 0.387 e. The number of rotatable bonds is 7. The maximum atomic E-state index is 12.0. The smallest absolute Gasteiger partial charge is 0.387 e. The first-order valence-corrected chi connectivity index (χ1v) is 6.56. The fourth-order valence-electron chi connectivity index (χ4n) is 2.14. The zero-order chi connectivity index (χ0) is 13.5. The molecule has 1 aromatic carbocycles. The summed E-state index contributed by atoms with van der Waals surface area (Å²) in [6, 6.07) is 6.72. The molecule has 3 nitrogen and oxygen atoms in total. The fourth-order valence-corrected chi connectivity index (χ4v) is 2.14. The van der Waals surface area contributed by atoms with Crippen LogP contribution in [0.2, 0.25) is 0 Å². The molecule has 1 N–H and O–H groups in total. The number of nitrogens with one attached hydrogen (secondary N) is 1. The van der Waals surface area contributed by atoms with Crippen LogP contribution in [0, 0.1) is 5.92 Å². The van der Waals surface area contributed by atoms with Crippen molar-refractivity contribution >= 4 is 0 Å². The summed E-state index contributed by atoms with van der Waals surface area (Å²) < 4.78 is 33.6. The van der Waals surface area contributed by atoms with Crippen LogP contribution in [-0.2, 0) is 11.3 Å². The summed E-state index contributed by atoms with van der Waals surface area (Å²) in [5, 5.41) is 3.34. The van der Waals surface area contributed by atoms with Gasteiger partial charge in [0.25, 0.3) is 0 Å². The van der Waals surface area contributed by atoms with Crippen molar-refractivity contribution < 1.29 is 18.3 Å². The molecule has 0 spiro atoms. The highest BCUT2D eigenvalue weighted by atomic mass is 19.3. The Morgan fingerprint density at radius 1 is 1.32 bits per heavy atom. The van der Waals surface area contributed by atoms with Gasteiger partial charge in [-0.05, 0) is 43.0 Å². The molecule has 0 saturated carbocycles. The zero-order valence-electron chi connectivity index (χ0n) is 10.8. The molecule has 1 aliphatic rings. The van der Waals surface area contributed by atoms with E-state index in [4.69, 9.17) is 4.74 Å². The summed E-state index contributed by atoms with van der Waals surface area (Å²) in [5.74, 6) is 0.871. The first-order chi connectivity index (χ1) is 9.24. The van der Waals surface area contributed by atoms with Crippen LogP contribution in [0.4, 0.5) is 8.78 Å². The molecule has 1 fully saturated rings. The molecule has 1 unspecified atom stereocenters. The molecule has 5 heteroatoms. The Bertz CT molecular complexity index is 364. The molecule has 2 rings (SSSR count). The average Bonchev–Trinajstić information content (AvgIpc) is 2.89. The molecule has 0 aromatic heterocycles. The van der Waals surface area contributed by atoms with Crippen LogP contribution in [0.15, 0.2) is 24.3 Å². The lowest BCUT2D eigenvalue weighted by molar-refractivity contribution is -0.0498. The van der Waals surface area contributed by atoms with Gasteiger partial charge in [-0.15, -0.1) is 0 Å². The van der Waals surface area contributed by atoms with Gasteiger partial charge >= 0.3 is 6.61 Å². The first-order valence-electron chi connectivity index (χ1n) is 6.56. The summed E-state index contributed by atoms with van der Waals surface area (Å²) >= 11 is 0. The molecule has 1 heterocycles. The lowest BCUT2D eigenvalue weighted by atomic mass is 10.1. The van der Waals surface area contributed by atoms with Crippen LogP contribution in [0.3, 0.4) is 0 Å². The molecule has 0 bridgehead atoms. The third-order valence-corrected chi connectivity index (χ3v) is 3.23. The minimum absolute atomic E-state index is 0.196. The van der Waals surface area contributed by atoms with Crippen molar-refractivity contribution in [3.8, 4) is 5.75 Å². The molecular weight excluding hydrogens is 252 g/mol. The second-order valence-electron chi connectivity index (χ2n) is 4.72. The predicted octanol–water partition coefficient (Wildman–Crippen LogP) is 2.80. The monoisotopic (exact) mass is 271 g/mol. The van der Waals surface area contributed by atoms with Crippen LogP contribution >= 0.6 is 0 Å². The van der Waals surface area contributed by atoms with E-state index in [9.17, 15) is 8.78 Å². The molecule has 1 saturated heterocycles. The predicted molar refractivity (Wildman–Crippen MR) is 68.3 cm³/mol. The van der Waals surface area contributed by atoms with Crippen molar-refractivity contribution in [2.24, 2.45) is 5.92 Å². The minimum atomic E-state index is -2.77. The number of hydrogen-bond acceptors (Lipinski definition) is 3. The summed E-state index contributed by atoms with van der Waals surface area (Å²) in [5.41, 5.74) is 1.06. The summed E-state index contributed by atoms with van der Waals surface area (Å²) in [4.78, 5) is 0.